The highest BCUT2D eigenvalue weighted by molar-refractivity contribution is 7.89. The van der Waals surface area contributed by atoms with Crippen molar-refractivity contribution in [1.82, 2.24) is 14.5 Å². The standard InChI is InChI=1S/C21H35N3O3S/c1-4-24(5-2)28(26,27)20-9-6-18(7-10-20)8-11-21(25)22-15-12-19-13-16-23(3)17-14-19/h6-7,9-10,19H,4-5,8,11-17H2,1-3H3,(H,22,25). The highest BCUT2D eigenvalue weighted by Gasteiger charge is 2.21. The number of benzene rings is 1. The molecule has 0 atom stereocenters. The molecule has 1 N–H and O–H groups in total. The normalized spacial score (nSPS) is 16.4. The molecular weight excluding hydrogens is 374 g/mol. The fraction of sp³-hybridized carbons (Fsp3) is 0.667. The SMILES string of the molecule is CCN(CC)S(=O)(=O)c1ccc(CCC(=O)NCCC2CCN(C)CC2)cc1. The van der Waals surface area contributed by atoms with Gasteiger partial charge in [-0.25, -0.2) is 8.42 Å². The number of nitrogens with one attached hydrogen (secondary N) is 1. The summed E-state index contributed by atoms with van der Waals surface area (Å²) in [6, 6.07) is 6.90. The van der Waals surface area contributed by atoms with Crippen molar-refractivity contribution >= 4 is 15.9 Å². The van der Waals surface area contributed by atoms with E-state index in [0.29, 0.717) is 30.8 Å². The summed E-state index contributed by atoms with van der Waals surface area (Å²) in [6.45, 7) is 7.63. The zero-order valence-electron chi connectivity index (χ0n) is 17.5. The van der Waals surface area contributed by atoms with Crippen LogP contribution in [0.25, 0.3) is 0 Å². The van der Waals surface area contributed by atoms with E-state index in [4.69, 9.17) is 0 Å². The molecule has 0 spiro atoms. The van der Waals surface area contributed by atoms with E-state index in [1.54, 1.807) is 12.1 Å². The number of aryl methyl sites for hydroxylation is 1. The molecule has 0 unspecified atom stereocenters. The molecule has 1 saturated heterocycles. The van der Waals surface area contributed by atoms with Crippen molar-refractivity contribution in [2.45, 2.75) is 50.8 Å². The lowest BCUT2D eigenvalue weighted by atomic mass is 9.94. The maximum atomic E-state index is 12.5. The second-order valence-electron chi connectivity index (χ2n) is 7.62. The third-order valence-corrected chi connectivity index (χ3v) is 7.68. The minimum Gasteiger partial charge on any atom is -0.356 e. The van der Waals surface area contributed by atoms with Crippen LogP contribution in [0.3, 0.4) is 0 Å². The Morgan fingerprint density at radius 1 is 1.14 bits per heavy atom. The maximum Gasteiger partial charge on any atom is 0.243 e. The zero-order valence-corrected chi connectivity index (χ0v) is 18.3. The molecule has 0 radical (unpaired) electrons. The van der Waals surface area contributed by atoms with E-state index in [1.165, 1.54) is 17.1 Å². The summed E-state index contributed by atoms with van der Waals surface area (Å²) in [5.41, 5.74) is 0.976. The van der Waals surface area contributed by atoms with Crippen LogP contribution in [-0.2, 0) is 21.2 Å². The molecule has 1 fully saturated rings. The molecule has 28 heavy (non-hydrogen) atoms. The van der Waals surface area contributed by atoms with Gasteiger partial charge in [-0.15, -0.1) is 0 Å². The Morgan fingerprint density at radius 3 is 2.32 bits per heavy atom. The molecule has 0 bridgehead atoms. The van der Waals surface area contributed by atoms with Crippen LogP contribution in [0.5, 0.6) is 0 Å². The smallest absolute Gasteiger partial charge is 0.243 e. The molecule has 1 aliphatic heterocycles. The average Bonchev–Trinajstić information content (AvgIpc) is 2.69. The lowest BCUT2D eigenvalue weighted by molar-refractivity contribution is -0.121. The number of amides is 1. The lowest BCUT2D eigenvalue weighted by Gasteiger charge is -2.28. The molecule has 1 aromatic rings. The van der Waals surface area contributed by atoms with Gasteiger partial charge in [-0.3, -0.25) is 4.79 Å². The van der Waals surface area contributed by atoms with E-state index >= 15 is 0 Å². The van der Waals surface area contributed by atoms with Crippen molar-refractivity contribution in [3.8, 4) is 0 Å². The van der Waals surface area contributed by atoms with E-state index in [-0.39, 0.29) is 5.91 Å². The Hall–Kier alpha value is -1.44. The van der Waals surface area contributed by atoms with E-state index in [1.807, 2.05) is 26.0 Å². The van der Waals surface area contributed by atoms with Crippen molar-refractivity contribution in [2.75, 3.05) is 39.8 Å². The van der Waals surface area contributed by atoms with Crippen molar-refractivity contribution < 1.29 is 13.2 Å². The van der Waals surface area contributed by atoms with Gasteiger partial charge in [0.1, 0.15) is 0 Å². The second kappa shape index (κ2) is 10.9. The number of likely N-dealkylation sites (tertiary alicyclic amines) is 1. The molecule has 0 saturated carbocycles. The van der Waals surface area contributed by atoms with Gasteiger partial charge in [-0.2, -0.15) is 4.31 Å². The summed E-state index contributed by atoms with van der Waals surface area (Å²) in [5, 5.41) is 3.02. The van der Waals surface area contributed by atoms with Gasteiger partial charge in [0.25, 0.3) is 0 Å². The fourth-order valence-corrected chi connectivity index (χ4v) is 5.11. The van der Waals surface area contributed by atoms with Crippen LogP contribution in [0.15, 0.2) is 29.2 Å². The van der Waals surface area contributed by atoms with Gasteiger partial charge in [-0.1, -0.05) is 26.0 Å². The Morgan fingerprint density at radius 2 is 1.75 bits per heavy atom. The number of sulfonamides is 1. The molecular formula is C21H35N3O3S. The van der Waals surface area contributed by atoms with Gasteiger partial charge in [0.15, 0.2) is 0 Å². The first kappa shape index (κ1) is 22.8. The minimum atomic E-state index is -3.42. The third kappa shape index (κ3) is 6.57. The van der Waals surface area contributed by atoms with Crippen LogP contribution >= 0.6 is 0 Å². The maximum absolute atomic E-state index is 12.5. The molecule has 7 heteroatoms. The molecule has 0 aromatic heterocycles. The summed E-state index contributed by atoms with van der Waals surface area (Å²) >= 11 is 0. The van der Waals surface area contributed by atoms with Crippen molar-refractivity contribution in [3.05, 3.63) is 29.8 Å². The summed E-state index contributed by atoms with van der Waals surface area (Å²) in [5.74, 6) is 0.782. The monoisotopic (exact) mass is 409 g/mol. The molecule has 6 nitrogen and oxygen atoms in total. The first-order valence-corrected chi connectivity index (χ1v) is 11.8. The first-order valence-electron chi connectivity index (χ1n) is 10.4. The van der Waals surface area contributed by atoms with Gasteiger partial charge in [0, 0.05) is 26.1 Å². The second-order valence-corrected chi connectivity index (χ2v) is 9.56. The largest absolute Gasteiger partial charge is 0.356 e. The van der Waals surface area contributed by atoms with E-state index < -0.39 is 10.0 Å². The van der Waals surface area contributed by atoms with Crippen LogP contribution in [-0.4, -0.2) is 63.3 Å². The first-order chi connectivity index (χ1) is 13.4. The minimum absolute atomic E-state index is 0.0627. The molecule has 1 amide bonds. The van der Waals surface area contributed by atoms with Gasteiger partial charge >= 0.3 is 0 Å². The quantitative estimate of drug-likeness (QED) is 0.645. The number of carbonyl (C=O) groups excluding carboxylic acids is 1. The highest BCUT2D eigenvalue weighted by atomic mass is 32.2. The van der Waals surface area contributed by atoms with Crippen LogP contribution in [0.4, 0.5) is 0 Å². The summed E-state index contributed by atoms with van der Waals surface area (Å²) < 4.78 is 26.4. The number of carbonyl (C=O) groups is 1. The predicted molar refractivity (Wildman–Crippen MR) is 113 cm³/mol. The number of piperidine rings is 1. The van der Waals surface area contributed by atoms with Crippen molar-refractivity contribution in [3.63, 3.8) is 0 Å². The Labute approximate surface area is 170 Å². The third-order valence-electron chi connectivity index (χ3n) is 5.62. The summed E-state index contributed by atoms with van der Waals surface area (Å²) in [4.78, 5) is 14.7. The Balaban J connectivity index is 1.74. The van der Waals surface area contributed by atoms with Gasteiger partial charge < -0.3 is 10.2 Å². The van der Waals surface area contributed by atoms with Gasteiger partial charge in [0.2, 0.25) is 15.9 Å². The van der Waals surface area contributed by atoms with Crippen LogP contribution in [0.2, 0.25) is 0 Å². The predicted octanol–water partition coefficient (Wildman–Crippen LogP) is 2.50. The number of nitrogens with zero attached hydrogens (tertiary/aromatic N) is 2. The topological polar surface area (TPSA) is 69.7 Å². The van der Waals surface area contributed by atoms with Crippen LogP contribution < -0.4 is 5.32 Å². The van der Waals surface area contributed by atoms with Crippen molar-refractivity contribution in [2.24, 2.45) is 5.92 Å². The highest BCUT2D eigenvalue weighted by Crippen LogP contribution is 2.19. The fourth-order valence-electron chi connectivity index (χ4n) is 3.65. The van der Waals surface area contributed by atoms with E-state index in [2.05, 4.69) is 17.3 Å². The van der Waals surface area contributed by atoms with Crippen molar-refractivity contribution in [1.29, 1.82) is 0 Å². The van der Waals surface area contributed by atoms with E-state index in [0.717, 1.165) is 37.5 Å². The van der Waals surface area contributed by atoms with Gasteiger partial charge in [-0.05, 0) is 69.4 Å². The Bertz CT molecular complexity index is 707. The molecule has 1 heterocycles. The lowest BCUT2D eigenvalue weighted by Crippen LogP contribution is -2.32. The molecule has 1 aliphatic rings. The Kier molecular flexibility index (Phi) is 8.92. The van der Waals surface area contributed by atoms with Gasteiger partial charge in [0.05, 0.1) is 4.90 Å². The molecule has 0 aliphatic carbocycles. The average molecular weight is 410 g/mol. The molecule has 2 rings (SSSR count). The summed E-state index contributed by atoms with van der Waals surface area (Å²) in [7, 11) is -1.27. The zero-order chi connectivity index (χ0) is 20.6. The van der Waals surface area contributed by atoms with Crippen LogP contribution in [0, 0.1) is 5.92 Å². The number of hydrogen-bond acceptors (Lipinski definition) is 4. The van der Waals surface area contributed by atoms with Crippen LogP contribution in [0.1, 0.15) is 45.1 Å². The molecule has 1 aromatic carbocycles. The number of hydrogen-bond donors (Lipinski definition) is 1. The number of rotatable bonds is 10. The summed E-state index contributed by atoms with van der Waals surface area (Å²) in [6.07, 6.45) is 4.53. The molecule has 158 valence electrons. The van der Waals surface area contributed by atoms with E-state index in [9.17, 15) is 13.2 Å².